The highest BCUT2D eigenvalue weighted by molar-refractivity contribution is 15.0. The highest BCUT2D eigenvalue weighted by atomic mass is 128. The molecule has 5 atom stereocenters. The molecule has 0 aromatic heterocycles. The molecule has 0 radical (unpaired) electrons. The summed E-state index contributed by atoms with van der Waals surface area (Å²) in [6, 6.07) is 0. The zero-order valence-electron chi connectivity index (χ0n) is 14.0. The lowest BCUT2D eigenvalue weighted by molar-refractivity contribution is -0.158. The third-order valence-corrected chi connectivity index (χ3v) is 6.64. The second kappa shape index (κ2) is 7.80. The van der Waals surface area contributed by atoms with Gasteiger partial charge in [0.05, 0.1) is 6.10 Å². The van der Waals surface area contributed by atoms with Crippen molar-refractivity contribution in [1.82, 2.24) is 0 Å². The third-order valence-electron chi connectivity index (χ3n) is 6.64. The van der Waals surface area contributed by atoms with E-state index in [4.69, 9.17) is 4.74 Å². The highest BCUT2D eigenvalue weighted by Crippen LogP contribution is 2.62. The fourth-order valence-corrected chi connectivity index (χ4v) is 5.78. The standard InChI is InChI=1S/C17H32O.I2/c1-7-13-12(2)8-9-14-16(3,4)15(18-6)10-11-17(13,14)5;1-2/h12-15H,7-11H2,1-6H3;. The summed E-state index contributed by atoms with van der Waals surface area (Å²) in [5, 5.41) is 0. The van der Waals surface area contributed by atoms with Crippen molar-refractivity contribution in [3.05, 3.63) is 0 Å². The van der Waals surface area contributed by atoms with Crippen LogP contribution < -0.4 is 0 Å². The van der Waals surface area contributed by atoms with Crippen molar-refractivity contribution in [2.24, 2.45) is 28.6 Å². The molecule has 0 saturated heterocycles. The molecule has 0 bridgehead atoms. The smallest absolute Gasteiger partial charge is 0.0625 e. The first kappa shape index (κ1) is 19.5. The van der Waals surface area contributed by atoms with E-state index in [1.807, 2.05) is 7.11 Å². The Morgan fingerprint density at radius 1 is 1.10 bits per heavy atom. The molecule has 0 aliphatic heterocycles. The van der Waals surface area contributed by atoms with Crippen LogP contribution in [0, 0.1) is 28.6 Å². The number of hydrogen-bond donors (Lipinski definition) is 0. The summed E-state index contributed by atoms with van der Waals surface area (Å²) in [6.07, 6.45) is 7.24. The van der Waals surface area contributed by atoms with Gasteiger partial charge in [-0.2, -0.15) is 0 Å². The monoisotopic (exact) mass is 506 g/mol. The van der Waals surface area contributed by atoms with Gasteiger partial charge in [-0.25, -0.2) is 0 Å². The van der Waals surface area contributed by atoms with Crippen LogP contribution in [0.2, 0.25) is 0 Å². The second-order valence-corrected chi connectivity index (χ2v) is 7.71. The van der Waals surface area contributed by atoms with Gasteiger partial charge in [0.1, 0.15) is 0 Å². The van der Waals surface area contributed by atoms with Crippen LogP contribution >= 0.6 is 37.2 Å². The van der Waals surface area contributed by atoms with Gasteiger partial charge < -0.3 is 4.74 Å². The number of hydrogen-bond acceptors (Lipinski definition) is 1. The molecule has 0 N–H and O–H groups in total. The first-order chi connectivity index (χ1) is 9.37. The minimum atomic E-state index is 0.343. The number of methoxy groups -OCH3 is 1. The predicted molar refractivity (Wildman–Crippen MR) is 106 cm³/mol. The largest absolute Gasteiger partial charge is 0.381 e. The lowest BCUT2D eigenvalue weighted by Crippen LogP contribution is -2.56. The molecule has 2 aliphatic rings. The Labute approximate surface area is 149 Å². The van der Waals surface area contributed by atoms with E-state index in [2.05, 4.69) is 71.9 Å². The molecule has 1 nitrogen and oxygen atoms in total. The summed E-state index contributed by atoms with van der Waals surface area (Å²) in [7, 11) is 1.90. The molecule has 0 aromatic carbocycles. The van der Waals surface area contributed by atoms with Gasteiger partial charge in [0.2, 0.25) is 0 Å². The summed E-state index contributed by atoms with van der Waals surface area (Å²) in [6.45, 7) is 12.3. The number of fused-ring (bicyclic) bond motifs is 1. The van der Waals surface area contributed by atoms with Gasteiger partial charge in [0, 0.05) is 44.3 Å². The Morgan fingerprint density at radius 2 is 1.70 bits per heavy atom. The van der Waals surface area contributed by atoms with E-state index >= 15 is 0 Å². The second-order valence-electron chi connectivity index (χ2n) is 7.71. The SMILES string of the molecule is CCC1C(C)CCC2C(C)(C)C(OC)CCC12C.II. The Bertz CT molecular complexity index is 305. The summed E-state index contributed by atoms with van der Waals surface area (Å²) in [5.41, 5.74) is 0.889. The lowest BCUT2D eigenvalue weighted by Gasteiger charge is -2.61. The number of ether oxygens (including phenoxy) is 1. The van der Waals surface area contributed by atoms with Crippen molar-refractivity contribution in [3.63, 3.8) is 0 Å². The van der Waals surface area contributed by atoms with E-state index in [0.29, 0.717) is 16.9 Å². The molecule has 20 heavy (non-hydrogen) atoms. The topological polar surface area (TPSA) is 9.23 Å². The number of halogens is 2. The van der Waals surface area contributed by atoms with Crippen LogP contribution in [-0.4, -0.2) is 13.2 Å². The quantitative estimate of drug-likeness (QED) is 0.381. The Kier molecular flexibility index (Phi) is 7.59. The first-order valence-electron chi connectivity index (χ1n) is 8.05. The summed E-state index contributed by atoms with van der Waals surface area (Å²) in [4.78, 5) is 0. The molecule has 2 saturated carbocycles. The van der Waals surface area contributed by atoms with Crippen LogP contribution in [0.1, 0.15) is 66.7 Å². The van der Waals surface area contributed by atoms with Gasteiger partial charge in [-0.05, 0) is 47.8 Å². The molecule has 0 spiro atoms. The third kappa shape index (κ3) is 3.34. The number of rotatable bonds is 2. The molecular weight excluding hydrogens is 474 g/mol. The van der Waals surface area contributed by atoms with Gasteiger partial charge >= 0.3 is 0 Å². The van der Waals surface area contributed by atoms with Crippen molar-refractivity contribution in [2.45, 2.75) is 72.8 Å². The van der Waals surface area contributed by atoms with Crippen LogP contribution in [0.4, 0.5) is 0 Å². The minimum absolute atomic E-state index is 0.343. The zero-order valence-corrected chi connectivity index (χ0v) is 18.3. The van der Waals surface area contributed by atoms with Crippen LogP contribution in [0.5, 0.6) is 0 Å². The van der Waals surface area contributed by atoms with E-state index in [-0.39, 0.29) is 0 Å². The molecule has 3 heteroatoms. The molecule has 0 aromatic rings. The average Bonchev–Trinajstić information content (AvgIpc) is 2.40. The van der Waals surface area contributed by atoms with Crippen LogP contribution in [-0.2, 0) is 4.74 Å². The summed E-state index contributed by atoms with van der Waals surface area (Å²) in [5.74, 6) is 2.66. The van der Waals surface area contributed by atoms with Gasteiger partial charge in [-0.15, -0.1) is 0 Å². The van der Waals surface area contributed by atoms with Crippen LogP contribution in [0.3, 0.4) is 0 Å². The molecule has 5 unspecified atom stereocenters. The van der Waals surface area contributed by atoms with Crippen molar-refractivity contribution >= 4 is 37.2 Å². The first-order valence-corrected chi connectivity index (χ1v) is 14.3. The maximum Gasteiger partial charge on any atom is 0.0625 e. The summed E-state index contributed by atoms with van der Waals surface area (Å²) < 4.78 is 5.80. The van der Waals surface area contributed by atoms with Crippen LogP contribution in [0.25, 0.3) is 0 Å². The lowest BCUT2D eigenvalue weighted by atomic mass is 9.45. The maximum absolute atomic E-state index is 5.80. The van der Waals surface area contributed by atoms with Crippen LogP contribution in [0.15, 0.2) is 0 Å². The maximum atomic E-state index is 5.80. The normalized spacial score (nSPS) is 43.2. The zero-order chi connectivity index (χ0) is 15.6. The van der Waals surface area contributed by atoms with Crippen molar-refractivity contribution in [3.8, 4) is 0 Å². The Balaban J connectivity index is 0.000000956. The van der Waals surface area contributed by atoms with Crippen molar-refractivity contribution in [1.29, 1.82) is 0 Å². The molecule has 0 amide bonds. The molecule has 2 fully saturated rings. The highest BCUT2D eigenvalue weighted by Gasteiger charge is 2.56. The van der Waals surface area contributed by atoms with Gasteiger partial charge in [0.25, 0.3) is 0 Å². The minimum Gasteiger partial charge on any atom is -0.381 e. The van der Waals surface area contributed by atoms with E-state index in [1.54, 1.807) is 0 Å². The summed E-state index contributed by atoms with van der Waals surface area (Å²) >= 11 is 4.24. The molecule has 120 valence electrons. The fourth-order valence-electron chi connectivity index (χ4n) is 5.78. The van der Waals surface area contributed by atoms with Gasteiger partial charge in [-0.3, -0.25) is 0 Å². The van der Waals surface area contributed by atoms with Crippen molar-refractivity contribution in [2.75, 3.05) is 7.11 Å². The van der Waals surface area contributed by atoms with E-state index < -0.39 is 0 Å². The van der Waals surface area contributed by atoms with Gasteiger partial charge in [0.15, 0.2) is 0 Å². The Morgan fingerprint density at radius 3 is 2.20 bits per heavy atom. The molecule has 0 heterocycles. The molecule has 2 rings (SSSR count). The van der Waals surface area contributed by atoms with E-state index in [1.165, 1.54) is 32.1 Å². The van der Waals surface area contributed by atoms with E-state index in [0.717, 1.165) is 17.8 Å². The molecular formula is C17H32I2O. The molecule has 2 aliphatic carbocycles. The predicted octanol–water partition coefficient (Wildman–Crippen LogP) is 6.67. The average molecular weight is 506 g/mol. The van der Waals surface area contributed by atoms with E-state index in [9.17, 15) is 0 Å². The Hall–Kier alpha value is 1.42. The van der Waals surface area contributed by atoms with Gasteiger partial charge in [-0.1, -0.05) is 47.5 Å². The van der Waals surface area contributed by atoms with Crippen molar-refractivity contribution < 1.29 is 4.74 Å². The fraction of sp³-hybridized carbons (Fsp3) is 1.00.